The summed E-state index contributed by atoms with van der Waals surface area (Å²) in [5, 5.41) is 9.21. The summed E-state index contributed by atoms with van der Waals surface area (Å²) >= 11 is 0. The minimum absolute atomic E-state index is 0. The molecule has 1 N–H and O–H groups in total. The maximum absolute atomic E-state index is 10.5. The Morgan fingerprint density at radius 3 is 2.62 bits per heavy atom. The van der Waals surface area contributed by atoms with Gasteiger partial charge >= 0.3 is 5.97 Å². The molecule has 0 aliphatic heterocycles. The van der Waals surface area contributed by atoms with Gasteiger partial charge in [0, 0.05) is 12.6 Å². The average Bonchev–Trinajstić information content (AvgIpc) is 1.99. The maximum Gasteiger partial charge on any atom is 0.330 e. The lowest BCUT2D eigenvalue weighted by Crippen LogP contribution is -2.30. The van der Waals surface area contributed by atoms with Crippen LogP contribution in [-0.4, -0.2) is 49.3 Å². The van der Waals surface area contributed by atoms with Crippen molar-refractivity contribution in [1.82, 2.24) is 4.90 Å². The molecule has 0 bridgehead atoms. The van der Waals surface area contributed by atoms with E-state index in [1.54, 1.807) is 0 Å². The van der Waals surface area contributed by atoms with Gasteiger partial charge in [-0.3, -0.25) is 4.70 Å². The molecule has 0 aromatic heterocycles. The Kier molecular flexibility index (Phi) is 8.63. The molecule has 78 valence electrons. The Morgan fingerprint density at radius 1 is 1.69 bits per heavy atom. The third-order valence-corrected chi connectivity index (χ3v) is 1.16. The molecule has 0 rings (SSSR count). The first-order valence-corrected chi connectivity index (χ1v) is 3.68. The van der Waals surface area contributed by atoms with Crippen molar-refractivity contribution in [1.29, 1.82) is 0 Å². The minimum atomic E-state index is -0.635. The fraction of sp³-hybridized carbons (Fsp3) is 0.625. The van der Waals surface area contributed by atoms with Crippen molar-refractivity contribution in [2.45, 2.75) is 6.10 Å². The van der Waals surface area contributed by atoms with Gasteiger partial charge in [-0.1, -0.05) is 6.58 Å². The largest absolute Gasteiger partial charge is 0.460 e. The Bertz CT molecular complexity index is 161. The molecule has 0 radical (unpaired) electrons. The van der Waals surface area contributed by atoms with E-state index in [0.717, 1.165) is 6.08 Å². The predicted molar refractivity (Wildman–Crippen MR) is 48.2 cm³/mol. The molecule has 0 aliphatic carbocycles. The van der Waals surface area contributed by atoms with Crippen molar-refractivity contribution in [3.05, 3.63) is 12.7 Å². The van der Waals surface area contributed by atoms with Crippen molar-refractivity contribution in [3.63, 3.8) is 0 Å². The number of hydrogen-bond donors (Lipinski definition) is 1. The van der Waals surface area contributed by atoms with Gasteiger partial charge < -0.3 is 14.7 Å². The van der Waals surface area contributed by atoms with Gasteiger partial charge in [0.2, 0.25) is 0 Å². The van der Waals surface area contributed by atoms with E-state index in [4.69, 9.17) is 0 Å². The highest BCUT2D eigenvalue weighted by Crippen LogP contribution is 1.89. The van der Waals surface area contributed by atoms with Crippen LogP contribution >= 0.6 is 0 Å². The highest BCUT2D eigenvalue weighted by atomic mass is 19.0. The van der Waals surface area contributed by atoms with E-state index in [1.165, 1.54) is 0 Å². The van der Waals surface area contributed by atoms with E-state index in [1.807, 2.05) is 19.0 Å². The highest BCUT2D eigenvalue weighted by molar-refractivity contribution is 5.81. The van der Waals surface area contributed by atoms with Gasteiger partial charge in [0.05, 0.1) is 0 Å². The molecule has 0 saturated heterocycles. The van der Waals surface area contributed by atoms with Crippen molar-refractivity contribution < 1.29 is 19.3 Å². The topological polar surface area (TPSA) is 49.8 Å². The maximum atomic E-state index is 10.5. The quantitative estimate of drug-likeness (QED) is 0.485. The van der Waals surface area contributed by atoms with E-state index in [9.17, 15) is 9.90 Å². The van der Waals surface area contributed by atoms with Gasteiger partial charge in [-0.25, -0.2) is 4.79 Å². The lowest BCUT2D eigenvalue weighted by Gasteiger charge is -2.15. The first-order chi connectivity index (χ1) is 5.56. The van der Waals surface area contributed by atoms with Crippen LogP contribution in [0.5, 0.6) is 0 Å². The Balaban J connectivity index is 0. The fourth-order valence-electron chi connectivity index (χ4n) is 0.711. The van der Waals surface area contributed by atoms with Gasteiger partial charge in [0.1, 0.15) is 12.7 Å². The Morgan fingerprint density at radius 2 is 2.23 bits per heavy atom. The number of carbonyl (C=O) groups is 1. The lowest BCUT2D eigenvalue weighted by atomic mass is 10.3. The molecule has 0 spiro atoms. The predicted octanol–water partition coefficient (Wildman–Crippen LogP) is -0.209. The van der Waals surface area contributed by atoms with Crippen molar-refractivity contribution in [2.24, 2.45) is 0 Å². The van der Waals surface area contributed by atoms with Crippen LogP contribution < -0.4 is 0 Å². The summed E-state index contributed by atoms with van der Waals surface area (Å²) in [6.07, 6.45) is 0.437. The fourth-order valence-corrected chi connectivity index (χ4v) is 0.711. The number of ether oxygens (including phenoxy) is 1. The summed E-state index contributed by atoms with van der Waals surface area (Å²) in [5.41, 5.74) is 0. The van der Waals surface area contributed by atoms with Gasteiger partial charge in [-0.2, -0.15) is 0 Å². The summed E-state index contributed by atoms with van der Waals surface area (Å²) < 4.78 is 4.62. The first kappa shape index (κ1) is 14.6. The van der Waals surface area contributed by atoms with Crippen LogP contribution in [0.1, 0.15) is 0 Å². The molecule has 1 unspecified atom stereocenters. The summed E-state index contributed by atoms with van der Waals surface area (Å²) in [5.74, 6) is -0.507. The van der Waals surface area contributed by atoms with E-state index >= 15 is 0 Å². The number of likely N-dealkylation sites (N-methyl/N-ethyl adjacent to an activating group) is 1. The number of nitrogens with zero attached hydrogens (tertiary/aromatic N) is 1. The van der Waals surface area contributed by atoms with Crippen molar-refractivity contribution in [3.8, 4) is 0 Å². The van der Waals surface area contributed by atoms with Crippen LogP contribution in [0.3, 0.4) is 0 Å². The second kappa shape index (κ2) is 7.70. The number of aliphatic hydroxyl groups is 1. The molecule has 0 aliphatic rings. The molecular weight excluding hydrogens is 177 g/mol. The van der Waals surface area contributed by atoms with Gasteiger partial charge in [0.15, 0.2) is 0 Å². The van der Waals surface area contributed by atoms with Crippen LogP contribution in [-0.2, 0) is 9.53 Å². The van der Waals surface area contributed by atoms with Gasteiger partial charge in [-0.15, -0.1) is 0 Å². The molecule has 5 heteroatoms. The highest BCUT2D eigenvalue weighted by Gasteiger charge is 2.07. The average molecular weight is 193 g/mol. The van der Waals surface area contributed by atoms with Crippen LogP contribution in [0.4, 0.5) is 4.70 Å². The summed E-state index contributed by atoms with van der Waals surface area (Å²) in [6, 6.07) is 0. The van der Waals surface area contributed by atoms with Crippen LogP contribution in [0, 0.1) is 0 Å². The Labute approximate surface area is 77.2 Å². The molecule has 0 heterocycles. The molecule has 1 atom stereocenters. The summed E-state index contributed by atoms with van der Waals surface area (Å²) in [4.78, 5) is 12.3. The second-order valence-electron chi connectivity index (χ2n) is 2.75. The zero-order valence-electron chi connectivity index (χ0n) is 7.90. The molecule has 0 amide bonds. The summed E-state index contributed by atoms with van der Waals surface area (Å²) in [7, 11) is 3.66. The van der Waals surface area contributed by atoms with E-state index in [2.05, 4.69) is 11.3 Å². The number of hydrogen-bond acceptors (Lipinski definition) is 4. The standard InChI is InChI=1S/C8H15NO3.FH/c1-4-8(11)12-6-7(10)5-9(2)3;/h4,7,10H,1,5-6H2,2-3H3;1H. The van der Waals surface area contributed by atoms with Crippen LogP contribution in [0.2, 0.25) is 0 Å². The zero-order valence-corrected chi connectivity index (χ0v) is 7.90. The van der Waals surface area contributed by atoms with Crippen molar-refractivity contribution in [2.75, 3.05) is 27.2 Å². The van der Waals surface area contributed by atoms with Gasteiger partial charge in [-0.05, 0) is 14.1 Å². The second-order valence-corrected chi connectivity index (χ2v) is 2.75. The van der Waals surface area contributed by atoms with E-state index in [-0.39, 0.29) is 11.3 Å². The van der Waals surface area contributed by atoms with Gasteiger partial charge in [0.25, 0.3) is 0 Å². The van der Waals surface area contributed by atoms with E-state index in [0.29, 0.717) is 6.54 Å². The molecule has 0 aromatic rings. The first-order valence-electron chi connectivity index (χ1n) is 3.68. The van der Waals surface area contributed by atoms with E-state index < -0.39 is 12.1 Å². The number of halogens is 1. The lowest BCUT2D eigenvalue weighted by molar-refractivity contribution is -0.140. The summed E-state index contributed by atoms with van der Waals surface area (Å²) in [6.45, 7) is 3.73. The SMILES string of the molecule is C=CC(=O)OCC(O)CN(C)C.F. The number of esters is 1. The molecule has 0 saturated carbocycles. The molecule has 4 nitrogen and oxygen atoms in total. The molecule has 0 fully saturated rings. The third-order valence-electron chi connectivity index (χ3n) is 1.16. The third kappa shape index (κ3) is 8.97. The van der Waals surface area contributed by atoms with Crippen LogP contribution in [0.15, 0.2) is 12.7 Å². The minimum Gasteiger partial charge on any atom is -0.460 e. The smallest absolute Gasteiger partial charge is 0.330 e. The van der Waals surface area contributed by atoms with Crippen LogP contribution in [0.25, 0.3) is 0 Å². The molecule has 13 heavy (non-hydrogen) atoms. The zero-order chi connectivity index (χ0) is 9.56. The monoisotopic (exact) mass is 193 g/mol. The molecular formula is C8H16FNO3. The molecule has 0 aromatic carbocycles. The number of carbonyl (C=O) groups excluding carboxylic acids is 1. The number of aliphatic hydroxyl groups excluding tert-OH is 1. The normalized spacial score (nSPS) is 11.7. The Hall–Kier alpha value is -0.940. The van der Waals surface area contributed by atoms with Crippen molar-refractivity contribution >= 4 is 5.97 Å². The number of rotatable bonds is 5.